The second kappa shape index (κ2) is 7.83. The number of hydrogen-bond acceptors (Lipinski definition) is 3. The number of hydrogen-bond donors (Lipinski definition) is 0. The lowest BCUT2D eigenvalue weighted by Crippen LogP contribution is -1.97. The second-order valence-corrected chi connectivity index (χ2v) is 11.2. The Morgan fingerprint density at radius 3 is 2.15 bits per heavy atom. The Kier molecular flexibility index (Phi) is 4.24. The van der Waals surface area contributed by atoms with Crippen LogP contribution in [0.3, 0.4) is 0 Å². The van der Waals surface area contributed by atoms with E-state index < -0.39 is 0 Å². The van der Waals surface area contributed by atoms with Crippen LogP contribution in [-0.4, -0.2) is 0 Å². The smallest absolute Gasteiger partial charge is 0.136 e. The number of furan rings is 1. The third kappa shape index (κ3) is 3.08. The molecule has 3 heterocycles. The Morgan fingerprint density at radius 1 is 0.462 bits per heavy atom. The number of para-hydroxylation sites is 1. The fraction of sp³-hybridized carbons (Fsp3) is 0. The van der Waals surface area contributed by atoms with Gasteiger partial charge in [-0.3, -0.25) is 0 Å². The monoisotopic (exact) mass is 516 g/mol. The summed E-state index contributed by atoms with van der Waals surface area (Å²) in [5.41, 5.74) is 6.65. The fourth-order valence-electron chi connectivity index (χ4n) is 6.08. The molecular weight excluding hydrogens is 496 g/mol. The van der Waals surface area contributed by atoms with Crippen molar-refractivity contribution in [2.45, 2.75) is 0 Å². The van der Waals surface area contributed by atoms with Crippen LogP contribution in [0.1, 0.15) is 0 Å². The van der Waals surface area contributed by atoms with Crippen LogP contribution in [0.25, 0.3) is 75.5 Å². The van der Waals surface area contributed by atoms with Crippen molar-refractivity contribution in [1.82, 2.24) is 0 Å². The van der Waals surface area contributed by atoms with Gasteiger partial charge in [-0.05, 0) is 81.9 Å². The quantitative estimate of drug-likeness (QED) is 0.228. The molecule has 2 aromatic heterocycles. The number of rotatable bonds is 2. The lowest BCUT2D eigenvalue weighted by Gasteiger charge is -2.21. The highest BCUT2D eigenvalue weighted by atomic mass is 32.1. The van der Waals surface area contributed by atoms with Gasteiger partial charge in [-0.25, -0.2) is 0 Å². The maximum atomic E-state index is 6.34. The van der Waals surface area contributed by atoms with Gasteiger partial charge >= 0.3 is 0 Å². The zero-order valence-electron chi connectivity index (χ0n) is 20.8. The summed E-state index contributed by atoms with van der Waals surface area (Å²) >= 11 is 1.83. The first-order chi connectivity index (χ1) is 19.3. The molecule has 0 aliphatic carbocycles. The van der Waals surface area contributed by atoms with Crippen LogP contribution in [0.5, 0.6) is 11.5 Å². The van der Waals surface area contributed by atoms with E-state index in [-0.39, 0.29) is 0 Å². The van der Waals surface area contributed by atoms with Crippen LogP contribution in [0.2, 0.25) is 0 Å². The maximum absolute atomic E-state index is 6.34. The molecule has 9 rings (SSSR count). The summed E-state index contributed by atoms with van der Waals surface area (Å²) in [4.78, 5) is 2.48. The number of fused-ring (bicyclic) bond motifs is 6. The summed E-state index contributed by atoms with van der Waals surface area (Å²) in [5, 5.41) is 7.13. The molecule has 0 N–H and O–H groups in total. The molecule has 0 atom stereocenters. The van der Waals surface area contributed by atoms with Crippen molar-refractivity contribution in [3.8, 4) is 43.5 Å². The van der Waals surface area contributed by atoms with Crippen molar-refractivity contribution in [3.05, 3.63) is 121 Å². The second-order valence-electron chi connectivity index (χ2n) is 10.1. The maximum Gasteiger partial charge on any atom is 0.136 e. The largest absolute Gasteiger partial charge is 0.456 e. The molecule has 0 fully saturated rings. The lowest BCUT2D eigenvalue weighted by molar-refractivity contribution is 0.487. The Bertz CT molecular complexity index is 2270. The van der Waals surface area contributed by atoms with Crippen LogP contribution >= 0.6 is 11.3 Å². The van der Waals surface area contributed by atoms with E-state index in [0.29, 0.717) is 0 Å². The molecular formula is C36H20O2S. The Morgan fingerprint density at radius 2 is 1.21 bits per heavy atom. The van der Waals surface area contributed by atoms with Gasteiger partial charge in [0.15, 0.2) is 0 Å². The van der Waals surface area contributed by atoms with E-state index in [2.05, 4.69) is 109 Å². The molecule has 1 aliphatic heterocycles. The molecule has 6 aromatic carbocycles. The van der Waals surface area contributed by atoms with Crippen molar-refractivity contribution in [1.29, 1.82) is 0 Å². The molecule has 1 aliphatic rings. The minimum absolute atomic E-state index is 0.910. The van der Waals surface area contributed by atoms with Crippen molar-refractivity contribution in [2.75, 3.05) is 0 Å². The van der Waals surface area contributed by atoms with Crippen LogP contribution < -0.4 is 4.74 Å². The summed E-state index contributed by atoms with van der Waals surface area (Å²) in [6, 6.07) is 43.0. The van der Waals surface area contributed by atoms with Crippen molar-refractivity contribution >= 4 is 54.8 Å². The number of ether oxygens (including phenoxy) is 1. The standard InChI is InChI=1S/C36H20O2S/c1-2-8-22-20-32-28(18-21(22)7-1)36-26(11-6-14-31(36)38-32)34-16-15-33(39-34)24-17-23-9-5-13-30-35(23)27(19-24)25-10-3-4-12-29(25)37-30/h1-20H. The van der Waals surface area contributed by atoms with E-state index in [1.54, 1.807) is 0 Å². The van der Waals surface area contributed by atoms with Gasteiger partial charge in [-0.1, -0.05) is 66.7 Å². The fourth-order valence-corrected chi connectivity index (χ4v) is 7.11. The highest BCUT2D eigenvalue weighted by Crippen LogP contribution is 2.49. The first-order valence-corrected chi connectivity index (χ1v) is 13.9. The molecule has 0 radical (unpaired) electrons. The van der Waals surface area contributed by atoms with Gasteiger partial charge in [0.1, 0.15) is 22.7 Å². The Hall–Kier alpha value is -4.86. The summed E-state index contributed by atoms with van der Waals surface area (Å²) in [6.45, 7) is 0. The van der Waals surface area contributed by atoms with E-state index in [9.17, 15) is 0 Å². The van der Waals surface area contributed by atoms with Crippen LogP contribution in [0, 0.1) is 0 Å². The van der Waals surface area contributed by atoms with Gasteiger partial charge in [-0.2, -0.15) is 0 Å². The van der Waals surface area contributed by atoms with E-state index in [1.807, 2.05) is 23.5 Å². The predicted molar refractivity (Wildman–Crippen MR) is 163 cm³/mol. The summed E-state index contributed by atoms with van der Waals surface area (Å²) in [7, 11) is 0. The lowest BCUT2D eigenvalue weighted by atomic mass is 9.92. The Labute approximate surface area is 228 Å². The molecule has 0 amide bonds. The molecule has 39 heavy (non-hydrogen) atoms. The SMILES string of the molecule is c1ccc2c(c1)Oc1cccc3cc(-c4ccc(-c5cccc6oc7cc8ccccc8cc7c56)s4)cc-2c13. The van der Waals surface area contributed by atoms with Crippen molar-refractivity contribution in [2.24, 2.45) is 0 Å². The third-order valence-corrected chi connectivity index (χ3v) is 9.02. The van der Waals surface area contributed by atoms with E-state index in [0.717, 1.165) is 33.6 Å². The summed E-state index contributed by atoms with van der Waals surface area (Å²) < 4.78 is 12.6. The molecule has 0 saturated heterocycles. The molecule has 2 nitrogen and oxygen atoms in total. The molecule has 182 valence electrons. The average Bonchev–Trinajstić information content (AvgIpc) is 3.61. The molecule has 0 spiro atoms. The van der Waals surface area contributed by atoms with E-state index in [1.165, 1.54) is 53.4 Å². The van der Waals surface area contributed by atoms with Crippen LogP contribution in [0.4, 0.5) is 0 Å². The zero-order chi connectivity index (χ0) is 25.5. The average molecular weight is 517 g/mol. The highest BCUT2D eigenvalue weighted by Gasteiger charge is 2.21. The van der Waals surface area contributed by atoms with Crippen molar-refractivity contribution < 1.29 is 9.15 Å². The van der Waals surface area contributed by atoms with Crippen LogP contribution in [0.15, 0.2) is 126 Å². The minimum Gasteiger partial charge on any atom is -0.456 e. The van der Waals surface area contributed by atoms with Gasteiger partial charge in [0.25, 0.3) is 0 Å². The van der Waals surface area contributed by atoms with Crippen molar-refractivity contribution in [3.63, 3.8) is 0 Å². The zero-order valence-corrected chi connectivity index (χ0v) is 21.6. The predicted octanol–water partition coefficient (Wildman–Crippen LogP) is 11.1. The van der Waals surface area contributed by atoms with Gasteiger partial charge in [0, 0.05) is 37.0 Å². The van der Waals surface area contributed by atoms with Crippen LogP contribution in [-0.2, 0) is 0 Å². The molecule has 0 saturated carbocycles. The van der Waals surface area contributed by atoms with Gasteiger partial charge in [0.2, 0.25) is 0 Å². The Balaban J connectivity index is 1.24. The topological polar surface area (TPSA) is 22.4 Å². The number of benzene rings is 6. The third-order valence-electron chi connectivity index (χ3n) is 7.86. The molecule has 0 unspecified atom stereocenters. The van der Waals surface area contributed by atoms with Gasteiger partial charge in [0.05, 0.1) is 0 Å². The van der Waals surface area contributed by atoms with E-state index >= 15 is 0 Å². The minimum atomic E-state index is 0.910. The van der Waals surface area contributed by atoms with E-state index in [4.69, 9.17) is 9.15 Å². The summed E-state index contributed by atoms with van der Waals surface area (Å²) in [5.74, 6) is 1.83. The normalized spacial score (nSPS) is 12.3. The molecule has 3 heteroatoms. The molecule has 8 aromatic rings. The van der Waals surface area contributed by atoms with Gasteiger partial charge < -0.3 is 9.15 Å². The van der Waals surface area contributed by atoms with Gasteiger partial charge in [-0.15, -0.1) is 11.3 Å². The summed E-state index contributed by atoms with van der Waals surface area (Å²) in [6.07, 6.45) is 0. The molecule has 0 bridgehead atoms. The first kappa shape index (κ1) is 21.1. The highest BCUT2D eigenvalue weighted by molar-refractivity contribution is 7.19. The first-order valence-electron chi connectivity index (χ1n) is 13.1. The number of thiophene rings is 1.